The number of hydrogen-bond donors (Lipinski definition) is 2. The van der Waals surface area contributed by atoms with Crippen LogP contribution in [-0.4, -0.2) is 40.0 Å². The molecule has 6 heteroatoms. The monoisotopic (exact) mass is 340 g/mol. The Morgan fingerprint density at radius 2 is 1.00 bits per heavy atom. The highest BCUT2D eigenvalue weighted by Crippen LogP contribution is 2.17. The van der Waals surface area contributed by atoms with E-state index in [2.05, 4.69) is 10.6 Å². The second-order valence-corrected chi connectivity index (χ2v) is 6.16. The summed E-state index contributed by atoms with van der Waals surface area (Å²) in [4.78, 5) is 27.9. The molecule has 0 aliphatic heterocycles. The van der Waals surface area contributed by atoms with Gasteiger partial charge in [-0.1, -0.05) is 0 Å². The Morgan fingerprint density at radius 3 is 1.28 bits per heavy atom. The SMILES string of the molecule is CN(C)c1ccc(NC(=O)CC(=O)Nc2ccc(N(C)C)cc2)cc1. The van der Waals surface area contributed by atoms with Gasteiger partial charge < -0.3 is 20.4 Å². The molecule has 0 aliphatic rings. The van der Waals surface area contributed by atoms with Crippen molar-refractivity contribution in [3.63, 3.8) is 0 Å². The van der Waals surface area contributed by atoms with Crippen LogP contribution in [0.4, 0.5) is 22.7 Å². The normalized spacial score (nSPS) is 10.1. The average molecular weight is 340 g/mol. The molecule has 0 fully saturated rings. The number of nitrogens with one attached hydrogen (secondary N) is 2. The molecule has 6 nitrogen and oxygen atoms in total. The minimum absolute atomic E-state index is 0.231. The minimum atomic E-state index is -0.347. The van der Waals surface area contributed by atoms with E-state index in [1.807, 2.05) is 86.5 Å². The molecule has 0 atom stereocenters. The molecule has 2 aromatic rings. The standard InChI is InChI=1S/C19H24N4O2/c1-22(2)16-9-5-14(6-10-16)20-18(24)13-19(25)21-15-7-11-17(12-8-15)23(3)4/h5-12H,13H2,1-4H3,(H,20,24)(H,21,25). The van der Waals surface area contributed by atoms with Gasteiger partial charge in [0, 0.05) is 50.9 Å². The fourth-order valence-electron chi connectivity index (χ4n) is 2.24. The molecule has 2 aromatic carbocycles. The van der Waals surface area contributed by atoms with E-state index in [0.717, 1.165) is 11.4 Å². The van der Waals surface area contributed by atoms with Crippen molar-refractivity contribution in [1.82, 2.24) is 0 Å². The van der Waals surface area contributed by atoms with Crippen LogP contribution in [0.15, 0.2) is 48.5 Å². The lowest BCUT2D eigenvalue weighted by Crippen LogP contribution is -2.21. The maximum absolute atomic E-state index is 12.0. The lowest BCUT2D eigenvalue weighted by Gasteiger charge is -2.13. The summed E-state index contributed by atoms with van der Waals surface area (Å²) < 4.78 is 0. The third kappa shape index (κ3) is 5.53. The van der Waals surface area contributed by atoms with Crippen LogP contribution in [-0.2, 0) is 9.59 Å². The van der Waals surface area contributed by atoms with Gasteiger partial charge in [0.15, 0.2) is 0 Å². The molecular weight excluding hydrogens is 316 g/mol. The highest BCUT2D eigenvalue weighted by molar-refractivity contribution is 6.08. The molecule has 0 saturated heterocycles. The Kier molecular flexibility index (Phi) is 6.00. The number of benzene rings is 2. The first-order chi connectivity index (χ1) is 11.8. The zero-order valence-electron chi connectivity index (χ0n) is 15.0. The van der Waals surface area contributed by atoms with Crippen molar-refractivity contribution < 1.29 is 9.59 Å². The van der Waals surface area contributed by atoms with Crippen LogP contribution in [0.3, 0.4) is 0 Å². The van der Waals surface area contributed by atoms with E-state index in [1.54, 1.807) is 0 Å². The Hall–Kier alpha value is -3.02. The van der Waals surface area contributed by atoms with Gasteiger partial charge in [-0.15, -0.1) is 0 Å². The molecule has 0 radical (unpaired) electrons. The molecule has 2 rings (SSSR count). The molecule has 2 amide bonds. The van der Waals surface area contributed by atoms with Gasteiger partial charge in [0.2, 0.25) is 11.8 Å². The smallest absolute Gasteiger partial charge is 0.233 e. The van der Waals surface area contributed by atoms with Crippen molar-refractivity contribution in [2.75, 3.05) is 48.6 Å². The summed E-state index contributed by atoms with van der Waals surface area (Å²) in [6.07, 6.45) is -0.231. The van der Waals surface area contributed by atoms with Crippen molar-refractivity contribution in [1.29, 1.82) is 0 Å². The summed E-state index contributed by atoms with van der Waals surface area (Å²) >= 11 is 0. The number of anilines is 4. The molecule has 2 N–H and O–H groups in total. The van der Waals surface area contributed by atoms with Gasteiger partial charge in [-0.05, 0) is 48.5 Å². The van der Waals surface area contributed by atoms with Gasteiger partial charge in [0.05, 0.1) is 0 Å². The summed E-state index contributed by atoms with van der Waals surface area (Å²) in [5.74, 6) is -0.694. The zero-order chi connectivity index (χ0) is 18.4. The zero-order valence-corrected chi connectivity index (χ0v) is 15.0. The predicted molar refractivity (Wildman–Crippen MR) is 103 cm³/mol. The summed E-state index contributed by atoms with van der Waals surface area (Å²) in [7, 11) is 7.79. The van der Waals surface area contributed by atoms with Crippen molar-refractivity contribution in [3.8, 4) is 0 Å². The number of nitrogens with zero attached hydrogens (tertiary/aromatic N) is 2. The first-order valence-corrected chi connectivity index (χ1v) is 7.99. The lowest BCUT2D eigenvalue weighted by molar-refractivity contribution is -0.123. The molecule has 0 bridgehead atoms. The minimum Gasteiger partial charge on any atom is -0.378 e. The second kappa shape index (κ2) is 8.19. The number of carbonyl (C=O) groups excluding carboxylic acids is 2. The molecule has 0 unspecified atom stereocenters. The van der Waals surface area contributed by atoms with Crippen LogP contribution >= 0.6 is 0 Å². The molecule has 25 heavy (non-hydrogen) atoms. The van der Waals surface area contributed by atoms with Crippen molar-refractivity contribution in [2.45, 2.75) is 6.42 Å². The van der Waals surface area contributed by atoms with E-state index in [-0.39, 0.29) is 18.2 Å². The maximum Gasteiger partial charge on any atom is 0.233 e. The third-order valence-corrected chi connectivity index (χ3v) is 3.66. The molecule has 0 heterocycles. The van der Waals surface area contributed by atoms with Crippen molar-refractivity contribution in [2.24, 2.45) is 0 Å². The van der Waals surface area contributed by atoms with Gasteiger partial charge in [-0.3, -0.25) is 9.59 Å². The van der Waals surface area contributed by atoms with E-state index in [9.17, 15) is 9.59 Å². The van der Waals surface area contributed by atoms with Gasteiger partial charge in [0.25, 0.3) is 0 Å². The quantitative estimate of drug-likeness (QED) is 0.794. The first kappa shape index (κ1) is 18.3. The van der Waals surface area contributed by atoms with Crippen LogP contribution in [0, 0.1) is 0 Å². The van der Waals surface area contributed by atoms with Crippen molar-refractivity contribution >= 4 is 34.6 Å². The second-order valence-electron chi connectivity index (χ2n) is 6.16. The topological polar surface area (TPSA) is 64.7 Å². The van der Waals surface area contributed by atoms with Gasteiger partial charge in [0.1, 0.15) is 6.42 Å². The number of rotatable bonds is 6. The Balaban J connectivity index is 1.86. The largest absolute Gasteiger partial charge is 0.378 e. The number of carbonyl (C=O) groups is 2. The summed E-state index contributed by atoms with van der Waals surface area (Å²) in [6.45, 7) is 0. The maximum atomic E-state index is 12.0. The lowest BCUT2D eigenvalue weighted by atomic mass is 10.2. The first-order valence-electron chi connectivity index (χ1n) is 7.99. The van der Waals surface area contributed by atoms with E-state index in [1.165, 1.54) is 0 Å². The third-order valence-electron chi connectivity index (χ3n) is 3.66. The van der Waals surface area contributed by atoms with Crippen LogP contribution in [0.1, 0.15) is 6.42 Å². The fourth-order valence-corrected chi connectivity index (χ4v) is 2.24. The highest BCUT2D eigenvalue weighted by Gasteiger charge is 2.10. The Labute approximate surface area is 148 Å². The highest BCUT2D eigenvalue weighted by atomic mass is 16.2. The van der Waals surface area contributed by atoms with Crippen LogP contribution in [0.5, 0.6) is 0 Å². The molecule has 132 valence electrons. The number of hydrogen-bond acceptors (Lipinski definition) is 4. The van der Waals surface area contributed by atoms with E-state index < -0.39 is 0 Å². The average Bonchev–Trinajstić information content (AvgIpc) is 2.55. The molecule has 0 spiro atoms. The predicted octanol–water partition coefficient (Wildman–Crippen LogP) is 2.79. The molecule has 0 aromatic heterocycles. The molecular formula is C19H24N4O2. The van der Waals surface area contributed by atoms with E-state index in [4.69, 9.17) is 0 Å². The summed E-state index contributed by atoms with van der Waals surface area (Å²) in [5.41, 5.74) is 3.41. The van der Waals surface area contributed by atoms with Gasteiger partial charge in [-0.25, -0.2) is 0 Å². The van der Waals surface area contributed by atoms with Gasteiger partial charge >= 0.3 is 0 Å². The summed E-state index contributed by atoms with van der Waals surface area (Å²) in [6, 6.07) is 14.9. The molecule has 0 saturated carbocycles. The Bertz CT molecular complexity index is 659. The number of amides is 2. The van der Waals surface area contributed by atoms with Crippen molar-refractivity contribution in [3.05, 3.63) is 48.5 Å². The van der Waals surface area contributed by atoms with E-state index >= 15 is 0 Å². The molecule has 0 aliphatic carbocycles. The van der Waals surface area contributed by atoms with E-state index in [0.29, 0.717) is 11.4 Å². The Morgan fingerprint density at radius 1 is 0.680 bits per heavy atom. The van der Waals surface area contributed by atoms with Gasteiger partial charge in [-0.2, -0.15) is 0 Å². The van der Waals surface area contributed by atoms with Crippen LogP contribution in [0.25, 0.3) is 0 Å². The van der Waals surface area contributed by atoms with Crippen LogP contribution in [0.2, 0.25) is 0 Å². The van der Waals surface area contributed by atoms with Crippen LogP contribution < -0.4 is 20.4 Å². The summed E-state index contributed by atoms with van der Waals surface area (Å²) in [5, 5.41) is 5.45. The fraction of sp³-hybridized carbons (Fsp3) is 0.263.